The Morgan fingerprint density at radius 2 is 1.87 bits per heavy atom. The van der Waals surface area contributed by atoms with Gasteiger partial charge in [-0.1, -0.05) is 74.9 Å². The van der Waals surface area contributed by atoms with Gasteiger partial charge in [-0.15, -0.1) is 0 Å². The SMILES string of the molecule is CCCCOc1cccc(C(O)=C2C(=O)C(=O)N(c3nc(C)c(C(=O)OC)s3)C2c2ccc(C(C)C)cc2)c1. The van der Waals surface area contributed by atoms with Crippen molar-refractivity contribution >= 4 is 39.9 Å². The zero-order valence-corrected chi connectivity index (χ0v) is 23.5. The lowest BCUT2D eigenvalue weighted by atomic mass is 9.93. The van der Waals surface area contributed by atoms with Gasteiger partial charge in [-0.25, -0.2) is 9.78 Å². The molecular formula is C30H32N2O6S. The second-order valence-corrected chi connectivity index (χ2v) is 10.6. The number of amides is 1. The van der Waals surface area contributed by atoms with Crippen LogP contribution in [0.25, 0.3) is 5.76 Å². The Labute approximate surface area is 231 Å². The van der Waals surface area contributed by atoms with E-state index in [1.807, 2.05) is 24.3 Å². The number of nitrogens with zero attached hydrogens (tertiary/aromatic N) is 2. The normalized spacial score (nSPS) is 16.7. The monoisotopic (exact) mass is 548 g/mol. The number of ketones is 1. The van der Waals surface area contributed by atoms with E-state index in [1.165, 1.54) is 12.0 Å². The Kier molecular flexibility index (Phi) is 8.50. The van der Waals surface area contributed by atoms with Gasteiger partial charge in [0.1, 0.15) is 16.4 Å². The van der Waals surface area contributed by atoms with Gasteiger partial charge in [0.2, 0.25) is 0 Å². The first-order valence-corrected chi connectivity index (χ1v) is 13.7. The molecule has 4 rings (SSSR count). The number of hydrogen-bond donors (Lipinski definition) is 1. The molecule has 1 saturated heterocycles. The van der Waals surface area contributed by atoms with Gasteiger partial charge in [0.05, 0.1) is 31.0 Å². The largest absolute Gasteiger partial charge is 0.507 e. The lowest BCUT2D eigenvalue weighted by Gasteiger charge is -2.23. The lowest BCUT2D eigenvalue weighted by molar-refractivity contribution is -0.132. The highest BCUT2D eigenvalue weighted by molar-refractivity contribution is 7.17. The second-order valence-electron chi connectivity index (χ2n) is 9.62. The highest BCUT2D eigenvalue weighted by Gasteiger charge is 2.48. The molecule has 0 aliphatic carbocycles. The van der Waals surface area contributed by atoms with Gasteiger partial charge in [0.15, 0.2) is 5.13 Å². The topological polar surface area (TPSA) is 106 Å². The van der Waals surface area contributed by atoms with Crippen molar-refractivity contribution in [2.24, 2.45) is 0 Å². The summed E-state index contributed by atoms with van der Waals surface area (Å²) in [5.74, 6) is -1.73. The summed E-state index contributed by atoms with van der Waals surface area (Å²) in [7, 11) is 1.27. The zero-order valence-electron chi connectivity index (χ0n) is 22.7. The molecule has 3 aromatic rings. The fourth-order valence-electron chi connectivity index (χ4n) is 4.40. The standard InChI is InChI=1S/C30H32N2O6S/c1-6-7-15-38-22-10-8-9-21(16-22)25(33)23-24(20-13-11-19(12-14-20)17(2)3)32(28(35)26(23)34)30-31-18(4)27(39-30)29(36)37-5/h8-14,16-17,24,33H,6-7,15H2,1-5H3. The van der Waals surface area contributed by atoms with Gasteiger partial charge in [-0.3, -0.25) is 14.5 Å². The summed E-state index contributed by atoms with van der Waals surface area (Å²) in [6, 6.07) is 13.4. The highest BCUT2D eigenvalue weighted by atomic mass is 32.1. The van der Waals surface area contributed by atoms with Crippen LogP contribution in [0.3, 0.4) is 0 Å². The summed E-state index contributed by atoms with van der Waals surface area (Å²) in [6.07, 6.45) is 1.86. The van der Waals surface area contributed by atoms with Crippen LogP contribution in [-0.2, 0) is 14.3 Å². The highest BCUT2D eigenvalue weighted by Crippen LogP contribution is 2.44. The molecule has 2 aromatic carbocycles. The third-order valence-corrected chi connectivity index (χ3v) is 7.74. The summed E-state index contributed by atoms with van der Waals surface area (Å²) < 4.78 is 10.6. The number of benzene rings is 2. The number of anilines is 1. The first-order valence-electron chi connectivity index (χ1n) is 12.9. The van der Waals surface area contributed by atoms with Crippen molar-refractivity contribution in [1.82, 2.24) is 4.98 Å². The van der Waals surface area contributed by atoms with E-state index in [0.29, 0.717) is 29.2 Å². The molecule has 39 heavy (non-hydrogen) atoms. The number of carbonyl (C=O) groups excluding carboxylic acids is 3. The maximum absolute atomic E-state index is 13.5. The van der Waals surface area contributed by atoms with Crippen LogP contribution >= 0.6 is 11.3 Å². The van der Waals surface area contributed by atoms with E-state index in [0.717, 1.165) is 29.7 Å². The molecule has 1 aromatic heterocycles. The molecule has 0 bridgehead atoms. The number of aromatic nitrogens is 1. The molecular weight excluding hydrogens is 516 g/mol. The summed E-state index contributed by atoms with van der Waals surface area (Å²) in [6.45, 7) is 8.38. The van der Waals surface area contributed by atoms with E-state index in [1.54, 1.807) is 31.2 Å². The van der Waals surface area contributed by atoms with Crippen molar-refractivity contribution in [2.75, 3.05) is 18.6 Å². The van der Waals surface area contributed by atoms with E-state index >= 15 is 0 Å². The number of thiazole rings is 1. The maximum Gasteiger partial charge on any atom is 0.350 e. The number of unbranched alkanes of at least 4 members (excludes halogenated alkanes) is 1. The fourth-order valence-corrected chi connectivity index (χ4v) is 5.41. The minimum atomic E-state index is -0.952. The van der Waals surface area contributed by atoms with E-state index < -0.39 is 23.7 Å². The van der Waals surface area contributed by atoms with E-state index in [4.69, 9.17) is 9.47 Å². The number of aliphatic hydroxyl groups excluding tert-OH is 1. The molecule has 0 saturated carbocycles. The molecule has 9 heteroatoms. The Balaban J connectivity index is 1.87. The average Bonchev–Trinajstić information content (AvgIpc) is 3.44. The molecule has 2 heterocycles. The number of hydrogen-bond acceptors (Lipinski definition) is 8. The van der Waals surface area contributed by atoms with Crippen molar-refractivity contribution in [3.63, 3.8) is 0 Å². The van der Waals surface area contributed by atoms with Crippen LogP contribution in [0.5, 0.6) is 5.75 Å². The minimum Gasteiger partial charge on any atom is -0.507 e. The first kappa shape index (κ1) is 28.0. The van der Waals surface area contributed by atoms with Crippen LogP contribution in [0.1, 0.15) is 77.6 Å². The fraction of sp³-hybridized carbons (Fsp3) is 0.333. The molecule has 1 N–H and O–H groups in total. The second kappa shape index (κ2) is 11.8. The molecule has 1 aliphatic heterocycles. The van der Waals surface area contributed by atoms with Crippen molar-refractivity contribution < 1.29 is 29.0 Å². The Hall–Kier alpha value is -3.98. The van der Waals surface area contributed by atoms with E-state index in [-0.39, 0.29) is 27.3 Å². The predicted molar refractivity (Wildman–Crippen MR) is 150 cm³/mol. The molecule has 0 radical (unpaired) electrons. The lowest BCUT2D eigenvalue weighted by Crippen LogP contribution is -2.29. The van der Waals surface area contributed by atoms with E-state index in [2.05, 4.69) is 25.8 Å². The number of Topliss-reactive ketones (excluding diaryl/α,β-unsaturated/α-hetero) is 1. The van der Waals surface area contributed by atoms with Crippen LogP contribution in [-0.4, -0.2) is 41.5 Å². The molecule has 1 atom stereocenters. The van der Waals surface area contributed by atoms with Gasteiger partial charge in [-0.05, 0) is 42.5 Å². The molecule has 1 aliphatic rings. The summed E-state index contributed by atoms with van der Waals surface area (Å²) >= 11 is 0.968. The molecule has 0 spiro atoms. The maximum atomic E-state index is 13.5. The molecule has 204 valence electrons. The average molecular weight is 549 g/mol. The number of esters is 1. The molecule has 1 unspecified atom stereocenters. The Morgan fingerprint density at radius 3 is 2.51 bits per heavy atom. The van der Waals surface area contributed by atoms with Gasteiger partial charge in [-0.2, -0.15) is 0 Å². The number of aliphatic hydroxyl groups is 1. The van der Waals surface area contributed by atoms with Gasteiger partial charge in [0, 0.05) is 5.56 Å². The number of methoxy groups -OCH3 is 1. The quantitative estimate of drug-likeness (QED) is 0.112. The van der Waals surface area contributed by atoms with Crippen molar-refractivity contribution in [3.05, 3.63) is 81.4 Å². The van der Waals surface area contributed by atoms with Crippen molar-refractivity contribution in [2.45, 2.75) is 52.5 Å². The molecule has 1 amide bonds. The van der Waals surface area contributed by atoms with Crippen LogP contribution in [0, 0.1) is 6.92 Å². The van der Waals surface area contributed by atoms with Crippen molar-refractivity contribution in [1.29, 1.82) is 0 Å². The summed E-state index contributed by atoms with van der Waals surface area (Å²) in [5.41, 5.74) is 2.40. The molecule has 8 nitrogen and oxygen atoms in total. The predicted octanol–water partition coefficient (Wildman–Crippen LogP) is 6.17. The minimum absolute atomic E-state index is 0.0597. The molecule has 1 fully saturated rings. The zero-order chi connectivity index (χ0) is 28.3. The third-order valence-electron chi connectivity index (χ3n) is 6.60. The first-order chi connectivity index (χ1) is 18.7. The third kappa shape index (κ3) is 5.59. The number of aryl methyl sites for hydroxylation is 1. The summed E-state index contributed by atoms with van der Waals surface area (Å²) in [5, 5.41) is 11.6. The van der Waals surface area contributed by atoms with Gasteiger partial charge >= 0.3 is 11.9 Å². The van der Waals surface area contributed by atoms with Gasteiger partial charge in [0.25, 0.3) is 5.78 Å². The Bertz CT molecular complexity index is 1420. The summed E-state index contributed by atoms with van der Waals surface area (Å²) in [4.78, 5) is 45.1. The van der Waals surface area contributed by atoms with Gasteiger partial charge < -0.3 is 14.6 Å². The Morgan fingerprint density at radius 1 is 1.15 bits per heavy atom. The number of rotatable bonds is 9. The number of carbonyl (C=O) groups is 3. The van der Waals surface area contributed by atoms with Crippen LogP contribution < -0.4 is 9.64 Å². The van der Waals surface area contributed by atoms with E-state index in [9.17, 15) is 19.5 Å². The van der Waals surface area contributed by atoms with Crippen LogP contribution in [0.4, 0.5) is 5.13 Å². The van der Waals surface area contributed by atoms with Crippen LogP contribution in [0.15, 0.2) is 54.1 Å². The smallest absolute Gasteiger partial charge is 0.350 e. The van der Waals surface area contributed by atoms with Crippen molar-refractivity contribution in [3.8, 4) is 5.75 Å². The van der Waals surface area contributed by atoms with Crippen LogP contribution in [0.2, 0.25) is 0 Å². The number of ether oxygens (including phenoxy) is 2.